The molecule has 0 bridgehead atoms. The summed E-state index contributed by atoms with van der Waals surface area (Å²) in [6.07, 6.45) is 5.44. The van der Waals surface area contributed by atoms with Gasteiger partial charge in [0.15, 0.2) is 5.82 Å². The molecule has 1 fully saturated rings. The number of rotatable bonds is 7. The number of amides is 1. The average Bonchev–Trinajstić information content (AvgIpc) is 3.55. The topological polar surface area (TPSA) is 80.5 Å². The second kappa shape index (κ2) is 11.3. The van der Waals surface area contributed by atoms with Crippen molar-refractivity contribution in [3.8, 4) is 11.1 Å². The normalized spacial score (nSPS) is 17.8. The quantitative estimate of drug-likeness (QED) is 0.477. The molecule has 1 saturated heterocycles. The van der Waals surface area contributed by atoms with Crippen LogP contribution in [0.3, 0.4) is 0 Å². The predicted molar refractivity (Wildman–Crippen MR) is 148 cm³/mol. The van der Waals surface area contributed by atoms with E-state index in [0.717, 1.165) is 67.1 Å². The molecule has 3 aliphatic heterocycles. The van der Waals surface area contributed by atoms with Crippen LogP contribution in [0.2, 0.25) is 0 Å². The predicted octanol–water partition coefficient (Wildman–Crippen LogP) is 3.98. The summed E-state index contributed by atoms with van der Waals surface area (Å²) < 4.78 is 38.6. The van der Waals surface area contributed by atoms with Gasteiger partial charge in [-0.3, -0.25) is 14.2 Å². The van der Waals surface area contributed by atoms with Crippen molar-refractivity contribution >= 4 is 17.4 Å². The summed E-state index contributed by atoms with van der Waals surface area (Å²) in [5.41, 5.74) is 5.10. The summed E-state index contributed by atoms with van der Waals surface area (Å²) in [4.78, 5) is 16.2. The first-order valence-electron chi connectivity index (χ1n) is 14.3. The number of alkyl halides is 2. The minimum atomic E-state index is -2.63. The molecule has 0 spiro atoms. The Bertz CT molecular complexity index is 1380. The molecule has 3 aromatic rings. The number of nitrogens with one attached hydrogen (secondary N) is 1. The van der Waals surface area contributed by atoms with Gasteiger partial charge in [0.1, 0.15) is 0 Å². The van der Waals surface area contributed by atoms with Crippen LogP contribution in [-0.2, 0) is 42.5 Å². The van der Waals surface area contributed by atoms with Gasteiger partial charge in [0, 0.05) is 67.8 Å². The Labute approximate surface area is 233 Å². The van der Waals surface area contributed by atoms with Gasteiger partial charge in [-0.15, -0.1) is 0 Å². The molecule has 1 N–H and O–H groups in total. The molecule has 0 radical (unpaired) electrons. The first-order chi connectivity index (χ1) is 19.4. The number of fused-ring (bicyclic) bond motifs is 2. The number of nitrogens with zero attached hydrogens (tertiary/aromatic N) is 6. The van der Waals surface area contributed by atoms with Crippen molar-refractivity contribution in [2.45, 2.75) is 64.6 Å². The van der Waals surface area contributed by atoms with E-state index in [1.807, 2.05) is 15.6 Å². The highest BCUT2D eigenvalue weighted by Crippen LogP contribution is 2.42. The van der Waals surface area contributed by atoms with E-state index >= 15 is 0 Å². The molecule has 0 aliphatic carbocycles. The van der Waals surface area contributed by atoms with Crippen molar-refractivity contribution < 1.29 is 18.3 Å². The van der Waals surface area contributed by atoms with Gasteiger partial charge in [0.25, 0.3) is 6.43 Å². The average molecular weight is 554 g/mol. The van der Waals surface area contributed by atoms with E-state index in [9.17, 15) is 13.6 Å². The fraction of sp³-hybridized carbons (Fsp3) is 0.552. The van der Waals surface area contributed by atoms with Crippen LogP contribution < -0.4 is 10.2 Å². The number of halogens is 2. The highest BCUT2D eigenvalue weighted by Gasteiger charge is 2.32. The van der Waals surface area contributed by atoms with Crippen LogP contribution in [0.25, 0.3) is 11.1 Å². The van der Waals surface area contributed by atoms with Gasteiger partial charge < -0.3 is 19.9 Å². The Morgan fingerprint density at radius 1 is 1.20 bits per heavy atom. The zero-order chi connectivity index (χ0) is 27.8. The number of aromatic nitrogens is 4. The maximum absolute atomic E-state index is 14.4. The number of aryl methyl sites for hydroxylation is 2. The third kappa shape index (κ3) is 5.24. The van der Waals surface area contributed by atoms with E-state index in [2.05, 4.69) is 15.3 Å². The van der Waals surface area contributed by atoms with E-state index in [1.54, 1.807) is 37.1 Å². The standard InChI is InChI=1S/C29H37F2N7O2/c1-19(39)36-11-7-26-25(18-36)29(34-38(26)12-13-40-22-5-8-32-9-6-22)37-10-3-4-20-14-23(21-16-33-35(2)17-21)24(28(30)31)15-27(20)37/h14-17,22,28,32H,3-13,18H2,1-2H3. The zero-order valence-corrected chi connectivity index (χ0v) is 23.2. The maximum Gasteiger partial charge on any atom is 0.264 e. The number of hydrogen-bond donors (Lipinski definition) is 1. The van der Waals surface area contributed by atoms with Crippen LogP contribution in [0.5, 0.6) is 0 Å². The van der Waals surface area contributed by atoms with Crippen molar-refractivity contribution in [3.05, 3.63) is 46.9 Å². The van der Waals surface area contributed by atoms with Crippen molar-refractivity contribution in [2.75, 3.05) is 37.7 Å². The Balaban J connectivity index is 1.36. The fourth-order valence-corrected chi connectivity index (χ4v) is 6.27. The van der Waals surface area contributed by atoms with E-state index in [-0.39, 0.29) is 17.6 Å². The van der Waals surface area contributed by atoms with Gasteiger partial charge in [0.2, 0.25) is 5.91 Å². The number of piperidine rings is 1. The Morgan fingerprint density at radius 2 is 2.02 bits per heavy atom. The highest BCUT2D eigenvalue weighted by molar-refractivity contribution is 5.78. The summed E-state index contributed by atoms with van der Waals surface area (Å²) in [6.45, 7) is 6.52. The first kappa shape index (κ1) is 26.9. The van der Waals surface area contributed by atoms with Crippen molar-refractivity contribution in [1.82, 2.24) is 29.8 Å². The molecule has 0 saturated carbocycles. The van der Waals surface area contributed by atoms with E-state index < -0.39 is 6.43 Å². The van der Waals surface area contributed by atoms with Crippen molar-refractivity contribution in [3.63, 3.8) is 0 Å². The number of carbonyl (C=O) groups is 1. The number of benzene rings is 1. The highest BCUT2D eigenvalue weighted by atomic mass is 19.3. The monoisotopic (exact) mass is 553 g/mol. The molecular weight excluding hydrogens is 516 g/mol. The third-order valence-electron chi connectivity index (χ3n) is 8.38. The van der Waals surface area contributed by atoms with Crippen LogP contribution in [0.4, 0.5) is 20.3 Å². The lowest BCUT2D eigenvalue weighted by Crippen LogP contribution is -2.36. The largest absolute Gasteiger partial charge is 0.376 e. The van der Waals surface area contributed by atoms with Gasteiger partial charge in [-0.05, 0) is 62.0 Å². The Hall–Kier alpha value is -3.31. The van der Waals surface area contributed by atoms with Crippen LogP contribution in [0, 0.1) is 0 Å². The van der Waals surface area contributed by atoms with Gasteiger partial charge in [-0.1, -0.05) is 0 Å². The molecule has 1 amide bonds. The van der Waals surface area contributed by atoms with Gasteiger partial charge >= 0.3 is 0 Å². The Kier molecular flexibility index (Phi) is 7.59. The molecule has 0 unspecified atom stereocenters. The lowest BCUT2D eigenvalue weighted by molar-refractivity contribution is -0.129. The molecule has 3 aliphatic rings. The van der Waals surface area contributed by atoms with Crippen LogP contribution in [0.1, 0.15) is 55.0 Å². The van der Waals surface area contributed by atoms with Crippen molar-refractivity contribution in [2.24, 2.45) is 7.05 Å². The molecule has 214 valence electrons. The molecule has 9 nitrogen and oxygen atoms in total. The first-order valence-corrected chi connectivity index (χ1v) is 14.3. The molecule has 2 aromatic heterocycles. The lowest BCUT2D eigenvalue weighted by atomic mass is 9.92. The summed E-state index contributed by atoms with van der Waals surface area (Å²) >= 11 is 0. The minimum absolute atomic E-state index is 0.00677. The van der Waals surface area contributed by atoms with E-state index in [1.165, 1.54) is 0 Å². The number of hydrogen-bond acceptors (Lipinski definition) is 6. The van der Waals surface area contributed by atoms with Gasteiger partial charge in [-0.2, -0.15) is 10.2 Å². The third-order valence-corrected chi connectivity index (χ3v) is 8.38. The minimum Gasteiger partial charge on any atom is -0.376 e. The van der Waals surface area contributed by atoms with Crippen molar-refractivity contribution in [1.29, 1.82) is 0 Å². The molecular formula is C29H37F2N7O2. The van der Waals surface area contributed by atoms with Crippen LogP contribution in [-0.4, -0.2) is 69.3 Å². The number of anilines is 2. The molecule has 5 heterocycles. The molecule has 40 heavy (non-hydrogen) atoms. The van der Waals surface area contributed by atoms with Crippen LogP contribution >= 0.6 is 0 Å². The van der Waals surface area contributed by atoms with Gasteiger partial charge in [-0.25, -0.2) is 8.78 Å². The summed E-state index contributed by atoms with van der Waals surface area (Å²) in [5.74, 6) is 0.789. The second-order valence-corrected chi connectivity index (χ2v) is 11.0. The summed E-state index contributed by atoms with van der Waals surface area (Å²) in [5, 5.41) is 12.6. The zero-order valence-electron chi connectivity index (χ0n) is 23.2. The van der Waals surface area contributed by atoms with Gasteiger partial charge in [0.05, 0.1) is 32.0 Å². The summed E-state index contributed by atoms with van der Waals surface area (Å²) in [6, 6.07) is 3.54. The Morgan fingerprint density at radius 3 is 2.75 bits per heavy atom. The molecule has 1 aromatic carbocycles. The van der Waals surface area contributed by atoms with E-state index in [0.29, 0.717) is 50.3 Å². The molecule has 6 rings (SSSR count). The SMILES string of the molecule is CC(=O)N1CCc2c(c(N3CCCc4cc(-c5cnn(C)c5)c(C(F)F)cc43)nn2CCOC2CCNCC2)C1. The fourth-order valence-electron chi connectivity index (χ4n) is 6.27. The maximum atomic E-state index is 14.4. The molecule has 11 heteroatoms. The number of carbonyl (C=O) groups excluding carboxylic acids is 1. The van der Waals surface area contributed by atoms with Crippen LogP contribution in [0.15, 0.2) is 24.5 Å². The second-order valence-electron chi connectivity index (χ2n) is 11.0. The number of ether oxygens (including phenoxy) is 1. The summed E-state index contributed by atoms with van der Waals surface area (Å²) in [7, 11) is 1.78. The lowest BCUT2D eigenvalue weighted by Gasteiger charge is -2.33. The molecule has 0 atom stereocenters. The van der Waals surface area contributed by atoms with E-state index in [4.69, 9.17) is 9.84 Å². The smallest absolute Gasteiger partial charge is 0.264 e.